The third-order valence-electron chi connectivity index (χ3n) is 3.99. The third-order valence-corrected chi connectivity index (χ3v) is 4.72. The fourth-order valence-electron chi connectivity index (χ4n) is 3.19. The highest BCUT2D eigenvalue weighted by molar-refractivity contribution is 7.07. The van der Waals surface area contributed by atoms with Crippen molar-refractivity contribution < 1.29 is 14.3 Å². The molecular formula is C18H28N2O3S. The summed E-state index contributed by atoms with van der Waals surface area (Å²) in [6, 6.07) is 1.47. The summed E-state index contributed by atoms with van der Waals surface area (Å²) in [6.45, 7) is 11.6. The maximum atomic E-state index is 12.9. The Labute approximate surface area is 148 Å². The van der Waals surface area contributed by atoms with E-state index in [1.165, 1.54) is 0 Å². The van der Waals surface area contributed by atoms with Gasteiger partial charge >= 0.3 is 6.09 Å². The van der Waals surface area contributed by atoms with E-state index in [0.717, 1.165) is 5.56 Å². The second kappa shape index (κ2) is 6.39. The molecule has 1 aromatic heterocycles. The van der Waals surface area contributed by atoms with Crippen LogP contribution in [-0.4, -0.2) is 46.7 Å². The summed E-state index contributed by atoms with van der Waals surface area (Å²) in [5.74, 6) is -0.0352. The number of hydrogen-bond donors (Lipinski definition) is 0. The number of nitrogens with zero attached hydrogens (tertiary/aromatic N) is 2. The second-order valence-electron chi connectivity index (χ2n) is 8.43. The number of rotatable bonds is 2. The molecule has 0 spiro atoms. The van der Waals surface area contributed by atoms with E-state index in [1.807, 2.05) is 58.4 Å². The Kier molecular flexibility index (Phi) is 5.00. The van der Waals surface area contributed by atoms with Crippen LogP contribution in [-0.2, 0) is 16.0 Å². The van der Waals surface area contributed by atoms with E-state index in [0.29, 0.717) is 6.42 Å². The lowest BCUT2D eigenvalue weighted by Crippen LogP contribution is -2.52. The van der Waals surface area contributed by atoms with Crippen LogP contribution >= 0.6 is 11.3 Å². The molecule has 0 aliphatic carbocycles. The maximum absolute atomic E-state index is 12.9. The Morgan fingerprint density at radius 3 is 2.33 bits per heavy atom. The number of hydrogen-bond acceptors (Lipinski definition) is 4. The van der Waals surface area contributed by atoms with Crippen molar-refractivity contribution in [3.05, 3.63) is 22.4 Å². The molecule has 1 aliphatic heterocycles. The molecule has 6 heteroatoms. The van der Waals surface area contributed by atoms with Crippen LogP contribution in [0, 0.1) is 5.41 Å². The zero-order valence-electron chi connectivity index (χ0n) is 15.6. The monoisotopic (exact) mass is 352 g/mol. The van der Waals surface area contributed by atoms with Gasteiger partial charge in [0.1, 0.15) is 17.8 Å². The lowest BCUT2D eigenvalue weighted by atomic mass is 9.91. The molecule has 0 radical (unpaired) electrons. The van der Waals surface area contributed by atoms with Gasteiger partial charge in [-0.2, -0.15) is 11.3 Å². The minimum atomic E-state index is -0.601. The molecular weight excluding hydrogens is 324 g/mol. The van der Waals surface area contributed by atoms with Crippen molar-refractivity contribution in [1.82, 2.24) is 9.80 Å². The molecule has 2 amide bonds. The predicted octanol–water partition coefficient (Wildman–Crippen LogP) is 3.74. The molecule has 24 heavy (non-hydrogen) atoms. The van der Waals surface area contributed by atoms with Gasteiger partial charge in [0.25, 0.3) is 0 Å². The fourth-order valence-corrected chi connectivity index (χ4v) is 3.87. The van der Waals surface area contributed by atoms with Crippen LogP contribution < -0.4 is 0 Å². The van der Waals surface area contributed by atoms with Gasteiger partial charge in [0.15, 0.2) is 0 Å². The Bertz CT molecular complexity index is 599. The van der Waals surface area contributed by atoms with Gasteiger partial charge in [-0.05, 0) is 43.2 Å². The van der Waals surface area contributed by atoms with Crippen LogP contribution in [0.1, 0.15) is 47.1 Å². The topological polar surface area (TPSA) is 49.9 Å². The highest BCUT2D eigenvalue weighted by Gasteiger charge is 2.52. The van der Waals surface area contributed by atoms with Crippen LogP contribution in [0.2, 0.25) is 0 Å². The quantitative estimate of drug-likeness (QED) is 0.815. The second-order valence-corrected chi connectivity index (χ2v) is 9.21. The molecule has 0 unspecified atom stereocenters. The zero-order valence-corrected chi connectivity index (χ0v) is 16.4. The summed E-state index contributed by atoms with van der Waals surface area (Å²) in [6.07, 6.45) is -0.248. The van der Waals surface area contributed by atoms with Crippen molar-refractivity contribution in [3.8, 4) is 0 Å². The lowest BCUT2D eigenvalue weighted by molar-refractivity contribution is -0.129. The van der Waals surface area contributed by atoms with Crippen molar-refractivity contribution in [2.75, 3.05) is 7.05 Å². The van der Waals surface area contributed by atoms with Gasteiger partial charge in [0.2, 0.25) is 5.91 Å². The number of carbonyl (C=O) groups excluding carboxylic acids is 2. The molecule has 134 valence electrons. The molecule has 5 nitrogen and oxygen atoms in total. The standard InChI is InChI=1S/C18H28N2O3S/c1-17(2,3)15-19(7)14(21)13(10-12-8-9-24-11-12)20(15)16(22)23-18(4,5)6/h8-9,11,13,15H,10H2,1-7H3/t13-,15-/m0/s1. The number of thiophene rings is 1. The molecule has 1 saturated heterocycles. The van der Waals surface area contributed by atoms with E-state index in [4.69, 9.17) is 4.74 Å². The normalized spacial score (nSPS) is 22.2. The van der Waals surface area contributed by atoms with Crippen LogP contribution in [0.25, 0.3) is 0 Å². The average molecular weight is 353 g/mol. The van der Waals surface area contributed by atoms with Gasteiger partial charge in [0, 0.05) is 18.9 Å². The van der Waals surface area contributed by atoms with Crippen LogP contribution in [0.4, 0.5) is 4.79 Å². The zero-order chi connectivity index (χ0) is 18.3. The van der Waals surface area contributed by atoms with Crippen molar-refractivity contribution in [3.63, 3.8) is 0 Å². The molecule has 2 heterocycles. The highest BCUT2D eigenvalue weighted by atomic mass is 32.1. The first kappa shape index (κ1) is 18.8. The van der Waals surface area contributed by atoms with Gasteiger partial charge in [-0.3, -0.25) is 9.69 Å². The SMILES string of the molecule is CN1C(=O)[C@H](Cc2ccsc2)N(C(=O)OC(C)(C)C)[C@H]1C(C)(C)C. The molecule has 0 saturated carbocycles. The van der Waals surface area contributed by atoms with E-state index in [9.17, 15) is 9.59 Å². The summed E-state index contributed by atoms with van der Waals surface area (Å²) in [7, 11) is 1.77. The van der Waals surface area contributed by atoms with Gasteiger partial charge in [0.05, 0.1) is 0 Å². The van der Waals surface area contributed by atoms with E-state index >= 15 is 0 Å². The summed E-state index contributed by atoms with van der Waals surface area (Å²) in [4.78, 5) is 29.0. The smallest absolute Gasteiger partial charge is 0.412 e. The van der Waals surface area contributed by atoms with E-state index in [-0.39, 0.29) is 17.5 Å². The van der Waals surface area contributed by atoms with Crippen molar-refractivity contribution >= 4 is 23.3 Å². The first-order chi connectivity index (χ1) is 10.9. The van der Waals surface area contributed by atoms with Crippen molar-refractivity contribution in [2.24, 2.45) is 5.41 Å². The van der Waals surface area contributed by atoms with Gasteiger partial charge in [-0.25, -0.2) is 4.79 Å². The van der Waals surface area contributed by atoms with E-state index in [1.54, 1.807) is 28.2 Å². The summed E-state index contributed by atoms with van der Waals surface area (Å²) in [5, 5.41) is 4.00. The highest BCUT2D eigenvalue weighted by Crippen LogP contribution is 2.36. The molecule has 1 fully saturated rings. The van der Waals surface area contributed by atoms with Gasteiger partial charge in [-0.1, -0.05) is 20.8 Å². The van der Waals surface area contributed by atoms with Crippen LogP contribution in [0.5, 0.6) is 0 Å². The number of amides is 2. The Morgan fingerprint density at radius 1 is 1.25 bits per heavy atom. The predicted molar refractivity (Wildman–Crippen MR) is 95.9 cm³/mol. The molecule has 0 N–H and O–H groups in total. The number of ether oxygens (including phenoxy) is 1. The first-order valence-electron chi connectivity index (χ1n) is 8.21. The largest absolute Gasteiger partial charge is 0.444 e. The maximum Gasteiger partial charge on any atom is 0.412 e. The minimum absolute atomic E-state index is 0.0352. The van der Waals surface area contributed by atoms with E-state index < -0.39 is 17.7 Å². The molecule has 2 rings (SSSR count). The Morgan fingerprint density at radius 2 is 1.88 bits per heavy atom. The van der Waals surface area contributed by atoms with Crippen LogP contribution in [0.3, 0.4) is 0 Å². The minimum Gasteiger partial charge on any atom is -0.444 e. The molecule has 1 aliphatic rings. The fraction of sp³-hybridized carbons (Fsp3) is 0.667. The summed E-state index contributed by atoms with van der Waals surface area (Å²) < 4.78 is 5.60. The van der Waals surface area contributed by atoms with Crippen molar-refractivity contribution in [2.45, 2.75) is 65.8 Å². The number of likely N-dealkylation sites (N-methyl/N-ethyl adjacent to an activating group) is 1. The summed E-state index contributed by atoms with van der Waals surface area (Å²) >= 11 is 1.59. The lowest BCUT2D eigenvalue weighted by Gasteiger charge is -2.39. The molecule has 0 bridgehead atoms. The average Bonchev–Trinajstić information content (AvgIpc) is 2.98. The van der Waals surface area contributed by atoms with Gasteiger partial charge < -0.3 is 9.64 Å². The van der Waals surface area contributed by atoms with Crippen LogP contribution in [0.15, 0.2) is 16.8 Å². The molecule has 1 aromatic rings. The molecule has 0 aromatic carbocycles. The van der Waals surface area contributed by atoms with E-state index in [2.05, 4.69) is 0 Å². The first-order valence-corrected chi connectivity index (χ1v) is 9.15. The Hall–Kier alpha value is -1.56. The van der Waals surface area contributed by atoms with Crippen molar-refractivity contribution in [1.29, 1.82) is 0 Å². The third kappa shape index (κ3) is 3.91. The van der Waals surface area contributed by atoms with Gasteiger partial charge in [-0.15, -0.1) is 0 Å². The molecule has 2 atom stereocenters. The summed E-state index contributed by atoms with van der Waals surface area (Å²) in [5.41, 5.74) is 0.191. The number of carbonyl (C=O) groups is 2. The Balaban J connectivity index is 2.38.